The molecule has 2 aromatic rings. The average molecular weight is 369 g/mol. The van der Waals surface area contributed by atoms with Crippen LogP contribution in [0.15, 0.2) is 59.4 Å². The largest absolute Gasteiger partial charge is 0.487 e. The highest BCUT2D eigenvalue weighted by molar-refractivity contribution is 6.01. The van der Waals surface area contributed by atoms with Crippen LogP contribution < -0.4 is 4.74 Å². The van der Waals surface area contributed by atoms with Gasteiger partial charge in [0, 0.05) is 5.56 Å². The summed E-state index contributed by atoms with van der Waals surface area (Å²) >= 11 is 0. The van der Waals surface area contributed by atoms with Gasteiger partial charge in [0.15, 0.2) is 0 Å². The van der Waals surface area contributed by atoms with Gasteiger partial charge in [-0.05, 0) is 43.7 Å². The Morgan fingerprint density at radius 1 is 1.19 bits per heavy atom. The number of oxime groups is 1. The summed E-state index contributed by atoms with van der Waals surface area (Å²) in [6, 6.07) is 15.0. The fraction of sp³-hybridized carbons (Fsp3) is 0.238. The smallest absolute Gasteiger partial charge is 0.371 e. The summed E-state index contributed by atoms with van der Waals surface area (Å²) in [5.74, 6) is -0.562. The fourth-order valence-corrected chi connectivity index (χ4v) is 2.38. The number of hydrogen-bond acceptors (Lipinski definition) is 5. The molecule has 2 aromatic carbocycles. The fourth-order valence-electron chi connectivity index (χ4n) is 2.38. The Balaban J connectivity index is 2.08. The Morgan fingerprint density at radius 3 is 2.52 bits per heavy atom. The van der Waals surface area contributed by atoms with Crippen molar-refractivity contribution in [1.82, 2.24) is 0 Å². The molecule has 0 bridgehead atoms. The van der Waals surface area contributed by atoms with Crippen molar-refractivity contribution in [2.45, 2.75) is 13.8 Å². The van der Waals surface area contributed by atoms with Crippen LogP contribution in [0, 0.1) is 6.92 Å². The third kappa shape index (κ3) is 6.18. The third-order valence-electron chi connectivity index (χ3n) is 3.62. The number of aliphatic carboxylic acids is 1. The van der Waals surface area contributed by atoms with E-state index in [0.717, 1.165) is 11.1 Å². The van der Waals surface area contributed by atoms with Gasteiger partial charge < -0.3 is 19.4 Å². The molecule has 0 aliphatic carbocycles. The van der Waals surface area contributed by atoms with E-state index in [2.05, 4.69) is 5.16 Å². The normalized spacial score (nSPS) is 11.8. The highest BCUT2D eigenvalue weighted by Gasteiger charge is 2.09. The van der Waals surface area contributed by atoms with Gasteiger partial charge in [0.2, 0.25) is 5.76 Å². The molecule has 0 aromatic heterocycles. The van der Waals surface area contributed by atoms with E-state index < -0.39 is 5.97 Å². The molecule has 0 fully saturated rings. The Morgan fingerprint density at radius 2 is 1.93 bits per heavy atom. The summed E-state index contributed by atoms with van der Waals surface area (Å²) in [6.45, 7) is 4.28. The molecule has 142 valence electrons. The van der Waals surface area contributed by atoms with Crippen molar-refractivity contribution in [2.75, 3.05) is 20.3 Å². The maximum Gasteiger partial charge on any atom is 0.371 e. The van der Waals surface area contributed by atoms with E-state index in [-0.39, 0.29) is 12.4 Å². The van der Waals surface area contributed by atoms with Gasteiger partial charge in [0.05, 0.1) is 6.61 Å². The van der Waals surface area contributed by atoms with Crippen LogP contribution in [0.5, 0.6) is 5.75 Å². The van der Waals surface area contributed by atoms with Gasteiger partial charge in [-0.2, -0.15) is 0 Å². The van der Waals surface area contributed by atoms with Crippen molar-refractivity contribution >= 4 is 17.8 Å². The topological polar surface area (TPSA) is 77.3 Å². The predicted molar refractivity (Wildman–Crippen MR) is 104 cm³/mol. The van der Waals surface area contributed by atoms with Crippen LogP contribution in [0.2, 0.25) is 0 Å². The lowest BCUT2D eigenvalue weighted by atomic mass is 10.1. The Hall–Kier alpha value is -3.28. The molecule has 0 atom stereocenters. The van der Waals surface area contributed by atoms with Gasteiger partial charge >= 0.3 is 5.97 Å². The first-order chi connectivity index (χ1) is 13.0. The molecule has 0 amide bonds. The molecule has 27 heavy (non-hydrogen) atoms. The van der Waals surface area contributed by atoms with Crippen molar-refractivity contribution in [3.63, 3.8) is 0 Å². The number of nitrogens with zero attached hydrogens (tertiary/aromatic N) is 1. The van der Waals surface area contributed by atoms with Crippen molar-refractivity contribution in [3.8, 4) is 5.75 Å². The zero-order chi connectivity index (χ0) is 19.6. The standard InChI is InChI=1S/C21H23NO5/c1-4-26-20(21(23)24)13-16-8-10-18(11-9-16)27-14-19(22-25-3)17-7-5-6-15(2)12-17/h5-13H,4,14H2,1-3H3,(H,23,24)/b20-13-,22-19?. The first-order valence-electron chi connectivity index (χ1n) is 8.51. The van der Waals surface area contributed by atoms with Gasteiger partial charge in [-0.3, -0.25) is 0 Å². The molecule has 0 aliphatic heterocycles. The minimum Gasteiger partial charge on any atom is -0.487 e. The number of benzene rings is 2. The van der Waals surface area contributed by atoms with Crippen molar-refractivity contribution in [1.29, 1.82) is 0 Å². The Labute approximate surface area is 158 Å². The highest BCUT2D eigenvalue weighted by Crippen LogP contribution is 2.16. The lowest BCUT2D eigenvalue weighted by molar-refractivity contribution is -0.136. The van der Waals surface area contributed by atoms with Crippen LogP contribution in [-0.2, 0) is 14.4 Å². The summed E-state index contributed by atoms with van der Waals surface area (Å²) < 4.78 is 10.9. The first kappa shape index (κ1) is 20.0. The number of ether oxygens (including phenoxy) is 2. The zero-order valence-electron chi connectivity index (χ0n) is 15.6. The first-order valence-corrected chi connectivity index (χ1v) is 8.51. The predicted octanol–water partition coefficient (Wildman–Crippen LogP) is 3.89. The molecule has 1 N–H and O–H groups in total. The second kappa shape index (κ2) is 10.0. The summed E-state index contributed by atoms with van der Waals surface area (Å²) in [6.07, 6.45) is 1.47. The Kier molecular flexibility index (Phi) is 7.43. The zero-order valence-corrected chi connectivity index (χ0v) is 15.6. The molecule has 0 saturated heterocycles. The van der Waals surface area contributed by atoms with Crippen LogP contribution in [0.4, 0.5) is 0 Å². The lowest BCUT2D eigenvalue weighted by Crippen LogP contribution is -2.13. The molecule has 0 spiro atoms. The summed E-state index contributed by atoms with van der Waals surface area (Å²) in [5, 5.41) is 13.1. The minimum absolute atomic E-state index is 0.0971. The van der Waals surface area contributed by atoms with E-state index in [1.165, 1.54) is 13.2 Å². The number of aryl methyl sites for hydroxylation is 1. The maximum atomic E-state index is 11.1. The monoisotopic (exact) mass is 369 g/mol. The molecular weight excluding hydrogens is 346 g/mol. The van der Waals surface area contributed by atoms with Crippen LogP contribution >= 0.6 is 0 Å². The van der Waals surface area contributed by atoms with Crippen LogP contribution in [0.3, 0.4) is 0 Å². The second-order valence-corrected chi connectivity index (χ2v) is 5.69. The van der Waals surface area contributed by atoms with Crippen LogP contribution in [-0.4, -0.2) is 37.1 Å². The van der Waals surface area contributed by atoms with Gasteiger partial charge in [0.1, 0.15) is 25.2 Å². The molecule has 0 aliphatic rings. The molecule has 0 unspecified atom stereocenters. The third-order valence-corrected chi connectivity index (χ3v) is 3.62. The minimum atomic E-state index is -1.10. The number of carbonyl (C=O) groups is 1. The van der Waals surface area contributed by atoms with Gasteiger partial charge in [-0.1, -0.05) is 41.1 Å². The van der Waals surface area contributed by atoms with Crippen molar-refractivity contribution in [3.05, 3.63) is 71.0 Å². The Bertz CT molecular complexity index is 825. The molecule has 0 radical (unpaired) electrons. The van der Waals surface area contributed by atoms with E-state index in [1.807, 2.05) is 31.2 Å². The molecule has 6 heteroatoms. The number of carboxylic acid groups (broad SMARTS) is 1. The van der Waals surface area contributed by atoms with E-state index in [9.17, 15) is 4.79 Å². The van der Waals surface area contributed by atoms with Gasteiger partial charge in [0.25, 0.3) is 0 Å². The van der Waals surface area contributed by atoms with E-state index >= 15 is 0 Å². The molecule has 0 heterocycles. The van der Waals surface area contributed by atoms with Crippen molar-refractivity contribution in [2.24, 2.45) is 5.16 Å². The second-order valence-electron chi connectivity index (χ2n) is 5.69. The molecular formula is C21H23NO5. The van der Waals surface area contributed by atoms with Crippen LogP contribution in [0.1, 0.15) is 23.6 Å². The number of carboxylic acids is 1. The van der Waals surface area contributed by atoms with Crippen LogP contribution in [0.25, 0.3) is 6.08 Å². The summed E-state index contributed by atoms with van der Waals surface area (Å²) in [5.41, 5.74) is 3.43. The molecule has 6 nitrogen and oxygen atoms in total. The quantitative estimate of drug-likeness (QED) is 0.314. The van der Waals surface area contributed by atoms with Crippen molar-refractivity contribution < 1.29 is 24.2 Å². The van der Waals surface area contributed by atoms with Gasteiger partial charge in [-0.25, -0.2) is 4.79 Å². The maximum absolute atomic E-state index is 11.1. The lowest BCUT2D eigenvalue weighted by Gasteiger charge is -2.10. The average Bonchev–Trinajstić information content (AvgIpc) is 2.65. The highest BCUT2D eigenvalue weighted by atomic mass is 16.6. The number of rotatable bonds is 9. The van der Waals surface area contributed by atoms with E-state index in [0.29, 0.717) is 23.6 Å². The summed E-state index contributed by atoms with van der Waals surface area (Å²) in [4.78, 5) is 16.0. The van der Waals surface area contributed by atoms with E-state index in [1.54, 1.807) is 31.2 Å². The molecule has 2 rings (SSSR count). The van der Waals surface area contributed by atoms with Gasteiger partial charge in [-0.15, -0.1) is 0 Å². The SMILES string of the molecule is CCO/C(=C\c1ccc(OCC(=NOC)c2cccc(C)c2)cc1)C(=O)O. The van der Waals surface area contributed by atoms with E-state index in [4.69, 9.17) is 19.4 Å². The number of hydrogen-bond donors (Lipinski definition) is 1. The summed E-state index contributed by atoms with van der Waals surface area (Å²) in [7, 11) is 1.50. The molecule has 0 saturated carbocycles.